The topological polar surface area (TPSA) is 172 Å². The van der Waals surface area contributed by atoms with E-state index in [0.717, 1.165) is 35.1 Å². The summed E-state index contributed by atoms with van der Waals surface area (Å²) in [5, 5.41) is 8.77. The third-order valence-corrected chi connectivity index (χ3v) is 11.8. The first kappa shape index (κ1) is 48.5. The number of anilines is 1. The van der Waals surface area contributed by atoms with Crippen molar-refractivity contribution in [2.75, 3.05) is 25.0 Å². The lowest BCUT2D eigenvalue weighted by molar-refractivity contribution is -0.144. The van der Waals surface area contributed by atoms with Crippen LogP contribution >= 0.6 is 0 Å². The number of ether oxygens (including phenoxy) is 2. The third kappa shape index (κ3) is 13.8. The molecular formula is C49H61F3N6O7. The van der Waals surface area contributed by atoms with E-state index >= 15 is 0 Å². The van der Waals surface area contributed by atoms with Crippen LogP contribution in [0, 0.1) is 24.7 Å². The molecule has 16 heteroatoms. The molecule has 2 heterocycles. The number of nitrogens with one attached hydrogen (secondary N) is 4. The summed E-state index contributed by atoms with van der Waals surface area (Å²) in [6, 6.07) is 17.4. The van der Waals surface area contributed by atoms with Crippen molar-refractivity contribution in [1.82, 2.24) is 25.5 Å². The van der Waals surface area contributed by atoms with Crippen LogP contribution < -0.4 is 16.0 Å². The number of alkyl halides is 3. The average molecular weight is 903 g/mol. The van der Waals surface area contributed by atoms with Crippen LogP contribution in [0.5, 0.6) is 0 Å². The van der Waals surface area contributed by atoms with Crippen molar-refractivity contribution in [2.45, 2.75) is 123 Å². The van der Waals surface area contributed by atoms with Gasteiger partial charge in [0, 0.05) is 55.2 Å². The van der Waals surface area contributed by atoms with Crippen molar-refractivity contribution in [1.29, 1.82) is 0 Å². The van der Waals surface area contributed by atoms with Crippen LogP contribution in [0.2, 0.25) is 0 Å². The van der Waals surface area contributed by atoms with Crippen molar-refractivity contribution < 1.29 is 46.6 Å². The lowest BCUT2D eigenvalue weighted by atomic mass is 9.77. The Labute approximate surface area is 378 Å². The first-order valence-electron chi connectivity index (χ1n) is 22.4. The van der Waals surface area contributed by atoms with Gasteiger partial charge >= 0.3 is 18.4 Å². The molecule has 6 rings (SSSR count). The number of H-pyrrole nitrogens is 1. The van der Waals surface area contributed by atoms with Crippen molar-refractivity contribution in [3.8, 4) is 11.1 Å². The molecule has 0 spiro atoms. The molecular weight excluding hydrogens is 842 g/mol. The molecule has 1 aliphatic carbocycles. The second-order valence-electron chi connectivity index (χ2n) is 19.4. The molecule has 0 unspecified atom stereocenters. The molecule has 2 aliphatic rings. The maximum atomic E-state index is 14.0. The Hall–Kier alpha value is -5.93. The summed E-state index contributed by atoms with van der Waals surface area (Å²) in [4.78, 5) is 73.3. The Kier molecular flexibility index (Phi) is 15.0. The zero-order chi connectivity index (χ0) is 47.3. The number of imidazole rings is 1. The number of Topliss-reactive ketones (excluding diaryl/α,β-unsaturated/α-hetero) is 1. The van der Waals surface area contributed by atoms with Gasteiger partial charge in [0.15, 0.2) is 0 Å². The molecule has 1 atom stereocenters. The SMILES string of the molecule is Cc1cc(C(=O)NC2CCN(C(=O)OC(C)(C)C)CC2)ccc1-c1ccc(C[C@H](CC(=O)C2CCC(CNC(=O)OC(C)(C)C)CC2)C(=O)Nc2ccc3nc(C(F)(F)F)[nH]c3c2)cc1. The molecule has 13 nitrogen and oxygen atoms in total. The van der Waals surface area contributed by atoms with E-state index in [1.807, 2.05) is 64.1 Å². The van der Waals surface area contributed by atoms with E-state index in [4.69, 9.17) is 9.47 Å². The fourth-order valence-corrected chi connectivity index (χ4v) is 8.40. The normalized spacial score (nSPS) is 17.8. The van der Waals surface area contributed by atoms with E-state index in [0.29, 0.717) is 50.9 Å². The summed E-state index contributed by atoms with van der Waals surface area (Å²) < 4.78 is 50.9. The number of rotatable bonds is 12. The fourth-order valence-electron chi connectivity index (χ4n) is 8.40. The van der Waals surface area contributed by atoms with Crippen molar-refractivity contribution in [3.05, 3.63) is 83.2 Å². The van der Waals surface area contributed by atoms with Crippen molar-refractivity contribution >= 4 is 46.5 Å². The van der Waals surface area contributed by atoms with E-state index in [9.17, 15) is 37.1 Å². The number of nitrogens with zero attached hydrogens (tertiary/aromatic N) is 2. The predicted molar refractivity (Wildman–Crippen MR) is 241 cm³/mol. The molecule has 65 heavy (non-hydrogen) atoms. The zero-order valence-electron chi connectivity index (χ0n) is 38.2. The molecule has 4 amide bonds. The van der Waals surface area contributed by atoms with Gasteiger partial charge in [0.25, 0.3) is 5.91 Å². The molecule has 1 saturated heterocycles. The Morgan fingerprint density at radius 1 is 0.831 bits per heavy atom. The van der Waals surface area contributed by atoms with Gasteiger partial charge in [-0.25, -0.2) is 14.6 Å². The lowest BCUT2D eigenvalue weighted by Gasteiger charge is -2.33. The van der Waals surface area contributed by atoms with Gasteiger partial charge in [0.1, 0.15) is 17.0 Å². The number of aromatic nitrogens is 2. The molecule has 2 fully saturated rings. The monoisotopic (exact) mass is 902 g/mol. The highest BCUT2D eigenvalue weighted by Crippen LogP contribution is 2.33. The summed E-state index contributed by atoms with van der Waals surface area (Å²) in [5.41, 5.74) is 3.32. The average Bonchev–Trinajstić information content (AvgIpc) is 3.67. The smallest absolute Gasteiger partial charge is 0.444 e. The Morgan fingerprint density at radius 2 is 1.49 bits per heavy atom. The largest absolute Gasteiger partial charge is 0.449 e. The maximum absolute atomic E-state index is 14.0. The van der Waals surface area contributed by atoms with Gasteiger partial charge in [-0.1, -0.05) is 30.3 Å². The van der Waals surface area contributed by atoms with E-state index in [-0.39, 0.29) is 65.2 Å². The van der Waals surface area contributed by atoms with Crippen LogP contribution in [0.15, 0.2) is 60.7 Å². The van der Waals surface area contributed by atoms with Gasteiger partial charge in [0.2, 0.25) is 11.7 Å². The van der Waals surface area contributed by atoms with Gasteiger partial charge in [-0.15, -0.1) is 0 Å². The molecule has 4 N–H and O–H groups in total. The summed E-state index contributed by atoms with van der Waals surface area (Å²) in [7, 11) is 0. The number of aromatic amines is 1. The van der Waals surface area contributed by atoms with Crippen LogP contribution in [-0.4, -0.2) is 81.5 Å². The van der Waals surface area contributed by atoms with Crippen molar-refractivity contribution in [3.63, 3.8) is 0 Å². The van der Waals surface area contributed by atoms with Crippen molar-refractivity contribution in [2.24, 2.45) is 17.8 Å². The first-order valence-corrected chi connectivity index (χ1v) is 22.4. The maximum Gasteiger partial charge on any atom is 0.449 e. The number of carbonyl (C=O) groups is 5. The van der Waals surface area contributed by atoms with Gasteiger partial charge in [-0.2, -0.15) is 13.2 Å². The molecule has 1 saturated carbocycles. The number of likely N-dealkylation sites (tertiary alicyclic amines) is 1. The molecule has 0 bridgehead atoms. The second-order valence-corrected chi connectivity index (χ2v) is 19.4. The van der Waals surface area contributed by atoms with Crippen LogP contribution in [0.3, 0.4) is 0 Å². The van der Waals surface area contributed by atoms with E-state index in [1.54, 1.807) is 31.7 Å². The number of hydrogen-bond acceptors (Lipinski definition) is 8. The second kappa shape index (κ2) is 20.1. The number of amides is 4. The first-order chi connectivity index (χ1) is 30.5. The minimum absolute atomic E-state index is 0.0326. The Bertz CT molecular complexity index is 2350. The summed E-state index contributed by atoms with van der Waals surface area (Å²) >= 11 is 0. The van der Waals surface area contributed by atoms with E-state index < -0.39 is 41.1 Å². The number of ketones is 1. The molecule has 1 aromatic heterocycles. The standard InChI is InChI=1S/C49H61F3N6O7/c1-29-24-34(42(60)54-36-20-22-58(23-21-36)46(63)65-48(5,6)7)16-18-38(29)32-12-8-30(9-13-32)25-35(43(61)55-37-17-19-39-40(27-37)57-44(56-39)49(50,51)52)26-41(59)33-14-10-31(11-15-33)28-53-45(62)64-47(2,3)4/h8-9,12-13,16-19,24,27,31,33,35-36H,10-11,14-15,20-23,25-26,28H2,1-7H3,(H,53,62)(H,54,60)(H,55,61)(H,56,57)/t31?,33?,35-/m1/s1. The van der Waals surface area contributed by atoms with Gasteiger partial charge in [0.05, 0.1) is 11.0 Å². The van der Waals surface area contributed by atoms with Crippen LogP contribution in [0.1, 0.15) is 114 Å². The molecule has 350 valence electrons. The number of piperidine rings is 1. The highest BCUT2D eigenvalue weighted by atomic mass is 19.4. The lowest BCUT2D eigenvalue weighted by Crippen LogP contribution is -2.47. The Morgan fingerprint density at radius 3 is 2.11 bits per heavy atom. The third-order valence-electron chi connectivity index (χ3n) is 11.8. The molecule has 4 aromatic rings. The number of aryl methyl sites for hydroxylation is 1. The number of benzene rings is 3. The fraction of sp³-hybridized carbons (Fsp3) is 0.510. The molecule has 0 radical (unpaired) electrons. The molecule has 1 aliphatic heterocycles. The van der Waals surface area contributed by atoms with Crippen LogP contribution in [-0.2, 0) is 31.7 Å². The number of alkyl carbamates (subject to hydrolysis) is 1. The summed E-state index contributed by atoms with van der Waals surface area (Å²) in [6.45, 7) is 14.2. The summed E-state index contributed by atoms with van der Waals surface area (Å²) in [5.74, 6) is -2.65. The van der Waals surface area contributed by atoms with Crippen LogP contribution in [0.4, 0.5) is 28.4 Å². The summed E-state index contributed by atoms with van der Waals surface area (Å²) in [6.07, 6.45) is -1.35. The minimum atomic E-state index is -4.67. The van der Waals surface area contributed by atoms with Gasteiger partial charge in [-0.05, 0) is 152 Å². The number of carbonyl (C=O) groups excluding carboxylic acids is 5. The highest BCUT2D eigenvalue weighted by Gasteiger charge is 2.35. The predicted octanol–water partition coefficient (Wildman–Crippen LogP) is 9.77. The van der Waals surface area contributed by atoms with Crippen LogP contribution in [0.25, 0.3) is 22.2 Å². The minimum Gasteiger partial charge on any atom is -0.444 e. The van der Waals surface area contributed by atoms with E-state index in [2.05, 4.69) is 25.9 Å². The quantitative estimate of drug-likeness (QED) is 0.109. The van der Waals surface area contributed by atoms with Gasteiger partial charge < -0.3 is 35.3 Å². The van der Waals surface area contributed by atoms with E-state index in [1.165, 1.54) is 18.2 Å². The number of hydrogen-bond donors (Lipinski definition) is 4. The highest BCUT2D eigenvalue weighted by molar-refractivity contribution is 5.97. The number of fused-ring (bicyclic) bond motifs is 1. The Balaban J connectivity index is 1.10. The van der Waals surface area contributed by atoms with Gasteiger partial charge in [-0.3, -0.25) is 14.4 Å². The molecule has 3 aromatic carbocycles. The number of halogens is 3. The zero-order valence-corrected chi connectivity index (χ0v) is 38.2.